The number of halogens is 2. The molecule has 3 rings (SSSR count). The number of nitrogens with zero attached hydrogens (tertiary/aromatic N) is 2. The van der Waals surface area contributed by atoms with E-state index in [1.54, 1.807) is 36.1 Å². The van der Waals surface area contributed by atoms with E-state index in [1.807, 2.05) is 26.1 Å². The van der Waals surface area contributed by atoms with Crippen LogP contribution in [-0.4, -0.2) is 74.4 Å². The largest absolute Gasteiger partial charge is 0.488 e. The van der Waals surface area contributed by atoms with Gasteiger partial charge >= 0.3 is 0 Å². The zero-order valence-corrected chi connectivity index (χ0v) is 23.2. The third-order valence-corrected chi connectivity index (χ3v) is 7.49. The number of nitrogens with one attached hydrogen (secondary N) is 1. The van der Waals surface area contributed by atoms with Gasteiger partial charge < -0.3 is 14.7 Å². The number of benzene rings is 2. The summed E-state index contributed by atoms with van der Waals surface area (Å²) in [6.07, 6.45) is 0.810. The van der Waals surface area contributed by atoms with Crippen LogP contribution in [0.5, 0.6) is 5.75 Å². The molecule has 2 aromatic rings. The van der Waals surface area contributed by atoms with Gasteiger partial charge in [-0.3, -0.25) is 14.4 Å². The minimum Gasteiger partial charge on any atom is -0.488 e. The van der Waals surface area contributed by atoms with E-state index in [2.05, 4.69) is 9.62 Å². The Kier molecular flexibility index (Phi) is 9.51. The summed E-state index contributed by atoms with van der Waals surface area (Å²) in [6.45, 7) is 5.24. The lowest BCUT2D eigenvalue weighted by Crippen LogP contribution is -2.47. The van der Waals surface area contributed by atoms with Gasteiger partial charge in [-0.2, -0.15) is 0 Å². The van der Waals surface area contributed by atoms with E-state index in [0.717, 1.165) is 11.8 Å². The normalized spacial score (nSPS) is 19.7. The lowest BCUT2D eigenvalue weighted by atomic mass is 10.0. The number of carbonyl (C=O) groups is 1. The van der Waals surface area contributed by atoms with Crippen LogP contribution in [0.1, 0.15) is 25.0 Å². The maximum absolute atomic E-state index is 13.2. The molecular formula is C25H33Cl2N3O5S. The molecule has 0 radical (unpaired) electrons. The van der Waals surface area contributed by atoms with Crippen LogP contribution in [-0.2, 0) is 27.8 Å². The Labute approximate surface area is 223 Å². The zero-order chi connectivity index (χ0) is 26.6. The summed E-state index contributed by atoms with van der Waals surface area (Å²) in [5, 5.41) is 10.8. The van der Waals surface area contributed by atoms with Gasteiger partial charge in [0, 0.05) is 36.8 Å². The van der Waals surface area contributed by atoms with Crippen molar-refractivity contribution in [2.24, 2.45) is 5.92 Å². The zero-order valence-electron chi connectivity index (χ0n) is 20.9. The number of sulfonamides is 1. The number of hydrogen-bond acceptors (Lipinski definition) is 6. The van der Waals surface area contributed by atoms with Crippen molar-refractivity contribution in [3.63, 3.8) is 0 Å². The van der Waals surface area contributed by atoms with Crippen LogP contribution in [0, 0.1) is 5.92 Å². The lowest BCUT2D eigenvalue weighted by Gasteiger charge is -2.34. The van der Waals surface area contributed by atoms with Crippen LogP contribution in [0.2, 0.25) is 10.0 Å². The number of fused-ring (bicyclic) bond motifs is 1. The second-order valence-electron chi connectivity index (χ2n) is 9.53. The first-order chi connectivity index (χ1) is 16.9. The number of hydrogen-bond donors (Lipinski definition) is 2. The number of ether oxygens (including phenoxy) is 1. The highest BCUT2D eigenvalue weighted by molar-refractivity contribution is 7.92. The van der Waals surface area contributed by atoms with Crippen molar-refractivity contribution in [2.45, 2.75) is 39.0 Å². The summed E-state index contributed by atoms with van der Waals surface area (Å²) in [4.78, 5) is 17.0. The van der Waals surface area contributed by atoms with Crippen LogP contribution in [0.25, 0.3) is 0 Å². The molecule has 2 aromatic carbocycles. The van der Waals surface area contributed by atoms with Gasteiger partial charge in [0.05, 0.1) is 35.4 Å². The van der Waals surface area contributed by atoms with E-state index in [1.165, 1.54) is 0 Å². The molecule has 0 fully saturated rings. The fraction of sp³-hybridized carbons (Fsp3) is 0.480. The highest BCUT2D eigenvalue weighted by Crippen LogP contribution is 2.30. The average Bonchev–Trinajstić information content (AvgIpc) is 2.83. The Morgan fingerprint density at radius 2 is 1.94 bits per heavy atom. The summed E-state index contributed by atoms with van der Waals surface area (Å²) in [7, 11) is -1.51. The molecule has 0 unspecified atom stereocenters. The molecule has 0 aliphatic carbocycles. The van der Waals surface area contributed by atoms with Gasteiger partial charge in [-0.15, -0.1) is 0 Å². The fourth-order valence-electron chi connectivity index (χ4n) is 4.25. The number of aliphatic hydroxyl groups is 1. The number of rotatable bonds is 8. The number of likely N-dealkylation sites (N-methyl/N-ethyl adjacent to an activating group) is 1. The van der Waals surface area contributed by atoms with Crippen LogP contribution < -0.4 is 9.46 Å². The summed E-state index contributed by atoms with van der Waals surface area (Å²) in [5.41, 5.74) is 1.94. The SMILES string of the molecule is C[C@@H]1CN([C@@H](C)CO)C(=O)Cc2cc(NS(C)(=O)=O)ccc2O[C@@H]1CN(C)Cc1ccc(Cl)c(Cl)c1. The quantitative estimate of drug-likeness (QED) is 0.514. The molecule has 0 saturated carbocycles. The van der Waals surface area contributed by atoms with Crippen LogP contribution in [0.4, 0.5) is 5.69 Å². The average molecular weight is 559 g/mol. The third kappa shape index (κ3) is 7.73. The summed E-state index contributed by atoms with van der Waals surface area (Å²) in [6, 6.07) is 10.1. The van der Waals surface area contributed by atoms with Gasteiger partial charge in [0.1, 0.15) is 11.9 Å². The molecule has 1 aliphatic heterocycles. The summed E-state index contributed by atoms with van der Waals surface area (Å²) in [5.74, 6) is 0.314. The number of carbonyl (C=O) groups excluding carboxylic acids is 1. The Bertz CT molecular complexity index is 1190. The molecule has 36 heavy (non-hydrogen) atoms. The number of amides is 1. The maximum atomic E-state index is 13.2. The molecule has 2 N–H and O–H groups in total. The van der Waals surface area contributed by atoms with Gasteiger partial charge in [-0.25, -0.2) is 8.42 Å². The van der Waals surface area contributed by atoms with E-state index in [0.29, 0.717) is 46.7 Å². The standard InChI is InChI=1S/C25H33Cl2N3O5S/c1-16-12-30(17(2)15-31)25(32)11-19-10-20(28-36(4,33)34)6-8-23(19)35-24(16)14-29(3)13-18-5-7-21(26)22(27)9-18/h5-10,16-17,24,28,31H,11-15H2,1-4H3/t16-,17+,24-/m1/s1. The number of anilines is 1. The summed E-state index contributed by atoms with van der Waals surface area (Å²) < 4.78 is 32.4. The molecule has 0 aromatic heterocycles. The molecule has 11 heteroatoms. The molecular weight excluding hydrogens is 525 g/mol. The Balaban J connectivity index is 1.91. The predicted octanol–water partition coefficient (Wildman–Crippen LogP) is 3.65. The third-order valence-electron chi connectivity index (χ3n) is 6.15. The van der Waals surface area contributed by atoms with Gasteiger partial charge in [-0.1, -0.05) is 36.2 Å². The number of aliphatic hydroxyl groups excluding tert-OH is 1. The van der Waals surface area contributed by atoms with Gasteiger partial charge in [-0.05, 0) is 49.9 Å². The maximum Gasteiger partial charge on any atom is 0.229 e. The summed E-state index contributed by atoms with van der Waals surface area (Å²) >= 11 is 12.2. The fourth-order valence-corrected chi connectivity index (χ4v) is 5.12. The smallest absolute Gasteiger partial charge is 0.229 e. The molecule has 198 valence electrons. The van der Waals surface area contributed by atoms with Crippen LogP contribution in [0.15, 0.2) is 36.4 Å². The molecule has 8 nitrogen and oxygen atoms in total. The Morgan fingerprint density at radius 3 is 2.58 bits per heavy atom. The first-order valence-corrected chi connectivity index (χ1v) is 14.3. The highest BCUT2D eigenvalue weighted by Gasteiger charge is 2.31. The van der Waals surface area contributed by atoms with E-state index >= 15 is 0 Å². The first-order valence-electron chi connectivity index (χ1n) is 11.7. The monoisotopic (exact) mass is 557 g/mol. The Hall–Kier alpha value is -2.04. The van der Waals surface area contributed by atoms with Crippen LogP contribution in [0.3, 0.4) is 0 Å². The second-order valence-corrected chi connectivity index (χ2v) is 12.1. The predicted molar refractivity (Wildman–Crippen MR) is 143 cm³/mol. The van der Waals surface area contributed by atoms with E-state index in [9.17, 15) is 18.3 Å². The van der Waals surface area contributed by atoms with Gasteiger partial charge in [0.2, 0.25) is 15.9 Å². The Morgan fingerprint density at radius 1 is 1.22 bits per heavy atom. The van der Waals surface area contributed by atoms with Gasteiger partial charge in [0.25, 0.3) is 0 Å². The van der Waals surface area contributed by atoms with Crippen molar-refractivity contribution in [1.82, 2.24) is 9.80 Å². The molecule has 1 heterocycles. The van der Waals surface area contributed by atoms with Crippen LogP contribution >= 0.6 is 23.2 Å². The van der Waals surface area contributed by atoms with Crippen molar-refractivity contribution in [3.05, 3.63) is 57.6 Å². The van der Waals surface area contributed by atoms with Crippen molar-refractivity contribution in [2.75, 3.05) is 37.7 Å². The molecule has 1 amide bonds. The van der Waals surface area contributed by atoms with E-state index < -0.39 is 10.0 Å². The minimum atomic E-state index is -3.48. The minimum absolute atomic E-state index is 0.0253. The highest BCUT2D eigenvalue weighted by atomic mass is 35.5. The lowest BCUT2D eigenvalue weighted by molar-refractivity contribution is -0.134. The molecule has 3 atom stereocenters. The van der Waals surface area contributed by atoms with Crippen molar-refractivity contribution in [3.8, 4) is 5.75 Å². The van der Waals surface area contributed by atoms with Crippen molar-refractivity contribution >= 4 is 44.8 Å². The molecule has 0 bridgehead atoms. The first kappa shape index (κ1) is 28.5. The van der Waals surface area contributed by atoms with Gasteiger partial charge in [0.15, 0.2) is 0 Å². The van der Waals surface area contributed by atoms with E-state index in [4.69, 9.17) is 27.9 Å². The second kappa shape index (κ2) is 12.0. The van der Waals surface area contributed by atoms with E-state index in [-0.39, 0.29) is 37.0 Å². The van der Waals surface area contributed by atoms with Crippen molar-refractivity contribution < 1.29 is 23.1 Å². The topological polar surface area (TPSA) is 99.2 Å². The van der Waals surface area contributed by atoms with Crippen molar-refractivity contribution in [1.29, 1.82) is 0 Å². The molecule has 0 spiro atoms. The molecule has 0 saturated heterocycles. The molecule has 1 aliphatic rings.